The third-order valence-corrected chi connectivity index (χ3v) is 6.41. The second-order valence-electron chi connectivity index (χ2n) is 6.87. The van der Waals surface area contributed by atoms with E-state index in [1.54, 1.807) is 0 Å². The highest BCUT2D eigenvalue weighted by molar-refractivity contribution is 14.1. The summed E-state index contributed by atoms with van der Waals surface area (Å²) in [6, 6.07) is 8.73. The van der Waals surface area contributed by atoms with Crippen LogP contribution in [0.25, 0.3) is 6.08 Å². The number of fused-ring (bicyclic) bond motifs is 1. The number of benzene rings is 1. The first kappa shape index (κ1) is 16.5. The largest absolute Gasteiger partial charge is 0.353 e. The van der Waals surface area contributed by atoms with E-state index in [0.717, 1.165) is 6.42 Å². The number of unbranched alkanes of at least 4 members (excludes halogenated alkanes) is 1. The molecule has 1 unspecified atom stereocenters. The van der Waals surface area contributed by atoms with Crippen molar-refractivity contribution >= 4 is 28.7 Å². The highest BCUT2D eigenvalue weighted by Crippen LogP contribution is 2.49. The minimum atomic E-state index is -0.186. The molecular weight excluding hydrogens is 383 g/mol. The Labute approximate surface area is 148 Å². The van der Waals surface area contributed by atoms with Gasteiger partial charge in [-0.15, -0.1) is 0 Å². The van der Waals surface area contributed by atoms with Gasteiger partial charge < -0.3 is 4.74 Å². The molecule has 1 fully saturated rings. The Morgan fingerprint density at radius 2 is 1.91 bits per heavy atom. The third kappa shape index (κ3) is 3.43. The molecule has 0 saturated heterocycles. The quantitative estimate of drug-likeness (QED) is 0.393. The van der Waals surface area contributed by atoms with E-state index in [1.807, 2.05) is 0 Å². The molecule has 0 aliphatic heterocycles. The van der Waals surface area contributed by atoms with E-state index in [9.17, 15) is 0 Å². The molecule has 22 heavy (non-hydrogen) atoms. The maximum Gasteiger partial charge on any atom is 0.148 e. The summed E-state index contributed by atoms with van der Waals surface area (Å²) in [6.07, 6.45) is 15.8. The molecule has 0 N–H and O–H groups in total. The minimum Gasteiger partial charge on any atom is -0.353 e. The Morgan fingerprint density at radius 1 is 1.14 bits per heavy atom. The summed E-state index contributed by atoms with van der Waals surface area (Å²) in [6.45, 7) is 2.29. The minimum absolute atomic E-state index is 0.105. The van der Waals surface area contributed by atoms with Gasteiger partial charge in [-0.2, -0.15) is 0 Å². The monoisotopic (exact) mass is 410 g/mol. The Morgan fingerprint density at radius 3 is 2.68 bits per heavy atom. The van der Waals surface area contributed by atoms with E-state index >= 15 is 0 Å². The summed E-state index contributed by atoms with van der Waals surface area (Å²) in [4.78, 5) is 0. The van der Waals surface area contributed by atoms with Gasteiger partial charge in [-0.05, 0) is 47.4 Å². The van der Waals surface area contributed by atoms with Crippen LogP contribution in [0.5, 0.6) is 0 Å². The molecule has 1 aromatic rings. The average molecular weight is 410 g/mol. The van der Waals surface area contributed by atoms with Gasteiger partial charge in [0.2, 0.25) is 0 Å². The van der Waals surface area contributed by atoms with Crippen molar-refractivity contribution in [2.24, 2.45) is 0 Å². The summed E-state index contributed by atoms with van der Waals surface area (Å²) in [5.74, 6) is 0. The molecule has 0 heterocycles. The van der Waals surface area contributed by atoms with Gasteiger partial charge in [-0.25, -0.2) is 0 Å². The molecule has 1 atom stereocenters. The van der Waals surface area contributed by atoms with Crippen molar-refractivity contribution in [1.29, 1.82) is 0 Å². The number of alkyl halides is 1. The molecule has 3 rings (SSSR count). The van der Waals surface area contributed by atoms with Gasteiger partial charge in [0.25, 0.3) is 0 Å². The predicted molar refractivity (Wildman–Crippen MR) is 102 cm³/mol. The molecule has 0 spiro atoms. The first-order valence-corrected chi connectivity index (χ1v) is 9.90. The van der Waals surface area contributed by atoms with Crippen LogP contribution in [0, 0.1) is 0 Å². The molecule has 0 radical (unpaired) electrons. The zero-order valence-electron chi connectivity index (χ0n) is 13.6. The zero-order valence-corrected chi connectivity index (χ0v) is 15.8. The number of ether oxygens (including phenoxy) is 1. The fourth-order valence-electron chi connectivity index (χ4n) is 3.97. The van der Waals surface area contributed by atoms with E-state index in [0.29, 0.717) is 0 Å². The smallest absolute Gasteiger partial charge is 0.148 e. The van der Waals surface area contributed by atoms with Crippen molar-refractivity contribution in [2.75, 3.05) is 0 Å². The van der Waals surface area contributed by atoms with Crippen molar-refractivity contribution in [1.82, 2.24) is 0 Å². The Hall–Kier alpha value is -0.350. The second-order valence-corrected chi connectivity index (χ2v) is 8.61. The van der Waals surface area contributed by atoms with E-state index in [-0.39, 0.29) is 9.21 Å². The summed E-state index contributed by atoms with van der Waals surface area (Å²) in [7, 11) is 0. The summed E-state index contributed by atoms with van der Waals surface area (Å²) in [5.41, 5.74) is 2.79. The molecule has 0 amide bonds. The van der Waals surface area contributed by atoms with Gasteiger partial charge in [0, 0.05) is 12.0 Å². The number of hydrogen-bond acceptors (Lipinski definition) is 1. The van der Waals surface area contributed by atoms with E-state index in [1.165, 1.54) is 62.5 Å². The summed E-state index contributed by atoms with van der Waals surface area (Å²) in [5, 5.41) is 0. The van der Waals surface area contributed by atoms with Gasteiger partial charge in [0.1, 0.15) is 3.61 Å². The van der Waals surface area contributed by atoms with Crippen molar-refractivity contribution in [3.05, 3.63) is 41.5 Å². The van der Waals surface area contributed by atoms with Gasteiger partial charge in [-0.3, -0.25) is 0 Å². The zero-order chi connectivity index (χ0) is 15.5. The third-order valence-electron chi connectivity index (χ3n) is 5.17. The molecule has 1 aromatic carbocycles. The highest BCUT2D eigenvalue weighted by Gasteiger charge is 2.42. The molecule has 1 nitrogen and oxygen atoms in total. The van der Waals surface area contributed by atoms with Crippen LogP contribution in [-0.2, 0) is 8.34 Å². The molecule has 120 valence electrons. The predicted octanol–water partition coefficient (Wildman–Crippen LogP) is 6.60. The first-order chi connectivity index (χ1) is 10.7. The van der Waals surface area contributed by atoms with E-state index in [4.69, 9.17) is 4.74 Å². The summed E-state index contributed by atoms with van der Waals surface area (Å²) < 4.78 is 6.79. The normalized spacial score (nSPS) is 26.6. The average Bonchev–Trinajstić information content (AvgIpc) is 2.54. The fourth-order valence-corrected chi connectivity index (χ4v) is 5.18. The maximum atomic E-state index is 6.97. The Balaban J connectivity index is 1.87. The first-order valence-electron chi connectivity index (χ1n) is 8.83. The van der Waals surface area contributed by atoms with Crippen LogP contribution in [0.15, 0.2) is 30.3 Å². The van der Waals surface area contributed by atoms with Crippen molar-refractivity contribution in [3.63, 3.8) is 0 Å². The van der Waals surface area contributed by atoms with Gasteiger partial charge in [-0.1, -0.05) is 75.4 Å². The molecule has 2 aliphatic carbocycles. The van der Waals surface area contributed by atoms with Gasteiger partial charge in [0.05, 0.1) is 5.60 Å². The SMILES string of the molecule is CCCCC1(OC2(I)CC=Cc3ccccc32)CCCCC1. The van der Waals surface area contributed by atoms with Crippen LogP contribution in [0.3, 0.4) is 0 Å². The molecule has 0 aromatic heterocycles. The topological polar surface area (TPSA) is 9.23 Å². The lowest BCUT2D eigenvalue weighted by atomic mass is 9.80. The van der Waals surface area contributed by atoms with Crippen molar-refractivity contribution in [2.45, 2.75) is 73.9 Å². The van der Waals surface area contributed by atoms with Gasteiger partial charge in [0.15, 0.2) is 0 Å². The summed E-state index contributed by atoms with van der Waals surface area (Å²) >= 11 is 2.57. The van der Waals surface area contributed by atoms with Crippen molar-refractivity contribution < 1.29 is 4.74 Å². The van der Waals surface area contributed by atoms with E-state index < -0.39 is 0 Å². The number of halogens is 1. The fraction of sp³-hybridized carbons (Fsp3) is 0.600. The van der Waals surface area contributed by atoms with E-state index in [2.05, 4.69) is 65.9 Å². The van der Waals surface area contributed by atoms with Crippen LogP contribution >= 0.6 is 22.6 Å². The van der Waals surface area contributed by atoms with Crippen LogP contribution < -0.4 is 0 Å². The Bertz CT molecular complexity index is 530. The lowest BCUT2D eigenvalue weighted by Gasteiger charge is -2.45. The molecule has 2 aliphatic rings. The maximum absolute atomic E-state index is 6.97. The molecular formula is C20H27IO. The van der Waals surface area contributed by atoms with Crippen LogP contribution in [0.2, 0.25) is 0 Å². The second kappa shape index (κ2) is 7.04. The standard InChI is InChI=1S/C20H27IO/c1-2-3-13-19(14-7-4-8-15-19)22-20(21)16-9-11-17-10-5-6-12-18(17)20/h5-6,9-12H,2-4,7-8,13-16H2,1H3. The van der Waals surface area contributed by atoms with Crippen LogP contribution in [0.4, 0.5) is 0 Å². The number of hydrogen-bond donors (Lipinski definition) is 0. The molecule has 2 heteroatoms. The van der Waals surface area contributed by atoms with Crippen LogP contribution in [-0.4, -0.2) is 5.60 Å². The molecule has 1 saturated carbocycles. The highest BCUT2D eigenvalue weighted by atomic mass is 127. The van der Waals surface area contributed by atoms with Gasteiger partial charge >= 0.3 is 0 Å². The Kier molecular flexibility index (Phi) is 5.28. The lowest BCUT2D eigenvalue weighted by molar-refractivity contribution is -0.130. The lowest BCUT2D eigenvalue weighted by Crippen LogP contribution is -2.42. The van der Waals surface area contributed by atoms with Crippen LogP contribution in [0.1, 0.15) is 75.8 Å². The molecule has 0 bridgehead atoms. The van der Waals surface area contributed by atoms with Crippen molar-refractivity contribution in [3.8, 4) is 0 Å². The number of rotatable bonds is 5.